The number of likely N-dealkylation sites (tertiary alicyclic amines) is 1. The van der Waals surface area contributed by atoms with Gasteiger partial charge in [-0.3, -0.25) is 0 Å². The Bertz CT molecular complexity index is 622. The van der Waals surface area contributed by atoms with Gasteiger partial charge in [0.1, 0.15) is 0 Å². The minimum atomic E-state index is -0.0517. The Hall–Kier alpha value is -2.31. The average molecular weight is 303 g/mol. The number of nitrogens with zero attached hydrogens (tertiary/aromatic N) is 4. The molecule has 0 radical (unpaired) electrons. The molecule has 0 bridgehead atoms. The molecule has 1 aliphatic heterocycles. The molecule has 2 amide bonds. The van der Waals surface area contributed by atoms with E-state index in [0.717, 1.165) is 30.8 Å². The van der Waals surface area contributed by atoms with E-state index >= 15 is 0 Å². The number of carbonyl (C=O) groups is 1. The number of urea groups is 1. The van der Waals surface area contributed by atoms with Crippen LogP contribution in [-0.4, -0.2) is 38.2 Å². The van der Waals surface area contributed by atoms with E-state index in [1.807, 2.05) is 35.6 Å². The molecule has 118 valence electrons. The Kier molecular flexibility index (Phi) is 4.13. The fraction of sp³-hybridized carbons (Fsp3) is 0.533. The molecule has 2 aromatic rings. The van der Waals surface area contributed by atoms with Gasteiger partial charge in [-0.1, -0.05) is 5.16 Å². The number of hydrogen-bond acceptors (Lipinski definition) is 4. The van der Waals surface area contributed by atoms with Crippen LogP contribution in [0.4, 0.5) is 4.79 Å². The molecule has 22 heavy (non-hydrogen) atoms. The average Bonchev–Trinajstić information content (AvgIpc) is 3.17. The van der Waals surface area contributed by atoms with E-state index in [4.69, 9.17) is 4.52 Å². The van der Waals surface area contributed by atoms with Gasteiger partial charge in [-0.15, -0.1) is 0 Å². The topological polar surface area (TPSA) is 76.2 Å². The van der Waals surface area contributed by atoms with Crippen molar-refractivity contribution in [1.82, 2.24) is 24.9 Å². The highest BCUT2D eigenvalue weighted by atomic mass is 16.5. The van der Waals surface area contributed by atoms with Crippen LogP contribution in [-0.2, 0) is 6.54 Å². The molecule has 1 aliphatic rings. The fourth-order valence-electron chi connectivity index (χ4n) is 2.90. The molecule has 0 saturated carbocycles. The molecule has 3 rings (SSSR count). The molecule has 7 heteroatoms. The molecular weight excluding hydrogens is 282 g/mol. The van der Waals surface area contributed by atoms with Gasteiger partial charge >= 0.3 is 6.03 Å². The van der Waals surface area contributed by atoms with Crippen LogP contribution in [0.25, 0.3) is 0 Å². The Morgan fingerprint density at radius 1 is 1.59 bits per heavy atom. The quantitative estimate of drug-likeness (QED) is 0.938. The fourth-order valence-corrected chi connectivity index (χ4v) is 2.90. The maximum Gasteiger partial charge on any atom is 0.318 e. The van der Waals surface area contributed by atoms with Crippen LogP contribution in [0.15, 0.2) is 29.3 Å². The van der Waals surface area contributed by atoms with Crippen molar-refractivity contribution in [2.75, 3.05) is 6.54 Å². The largest absolute Gasteiger partial charge is 0.359 e. The second-order valence-corrected chi connectivity index (χ2v) is 5.83. The van der Waals surface area contributed by atoms with Gasteiger partial charge in [0.25, 0.3) is 0 Å². The summed E-state index contributed by atoms with van der Waals surface area (Å²) in [5, 5.41) is 6.97. The van der Waals surface area contributed by atoms with E-state index in [0.29, 0.717) is 6.54 Å². The lowest BCUT2D eigenvalue weighted by Gasteiger charge is -2.25. The SMILES string of the molecule is Cc1cc([C@@H]2CCCN2C(=O)N[C@@H](C)Cn2ccnc2)on1. The van der Waals surface area contributed by atoms with Crippen molar-refractivity contribution in [3.05, 3.63) is 36.2 Å². The van der Waals surface area contributed by atoms with Crippen LogP contribution in [0.3, 0.4) is 0 Å². The highest BCUT2D eigenvalue weighted by molar-refractivity contribution is 5.75. The van der Waals surface area contributed by atoms with Gasteiger partial charge < -0.3 is 19.3 Å². The van der Waals surface area contributed by atoms with Gasteiger partial charge in [0, 0.05) is 37.6 Å². The number of carbonyl (C=O) groups excluding carboxylic acids is 1. The zero-order chi connectivity index (χ0) is 15.5. The molecular formula is C15H21N5O2. The first-order valence-electron chi connectivity index (χ1n) is 7.59. The summed E-state index contributed by atoms with van der Waals surface area (Å²) in [6.07, 6.45) is 7.26. The van der Waals surface area contributed by atoms with Gasteiger partial charge in [0.15, 0.2) is 5.76 Å². The van der Waals surface area contributed by atoms with Gasteiger partial charge in [-0.25, -0.2) is 9.78 Å². The second-order valence-electron chi connectivity index (χ2n) is 5.83. The molecule has 3 heterocycles. The predicted octanol–water partition coefficient (Wildman–Crippen LogP) is 2.11. The minimum absolute atomic E-state index is 0.0124. The van der Waals surface area contributed by atoms with Crippen LogP contribution in [0.1, 0.15) is 37.3 Å². The first-order chi connectivity index (χ1) is 10.6. The Morgan fingerprint density at radius 2 is 2.45 bits per heavy atom. The van der Waals surface area contributed by atoms with Crippen molar-refractivity contribution in [2.45, 2.75) is 45.3 Å². The summed E-state index contributed by atoms with van der Waals surface area (Å²) in [5.74, 6) is 0.771. The third-order valence-electron chi connectivity index (χ3n) is 3.90. The van der Waals surface area contributed by atoms with E-state index < -0.39 is 0 Å². The van der Waals surface area contributed by atoms with E-state index in [-0.39, 0.29) is 18.1 Å². The molecule has 2 aromatic heterocycles. The standard InChI is InChI=1S/C15H21N5O2/c1-11-8-14(22-18-11)13-4-3-6-20(13)15(21)17-12(2)9-19-7-5-16-10-19/h5,7-8,10,12-13H,3-4,6,9H2,1-2H3,(H,17,21)/t12-,13-/m0/s1. The van der Waals surface area contributed by atoms with E-state index in [1.165, 1.54) is 0 Å². The molecule has 0 unspecified atom stereocenters. The molecule has 7 nitrogen and oxygen atoms in total. The van der Waals surface area contributed by atoms with Gasteiger partial charge in [0.2, 0.25) is 0 Å². The number of rotatable bonds is 4. The van der Waals surface area contributed by atoms with Crippen molar-refractivity contribution < 1.29 is 9.32 Å². The van der Waals surface area contributed by atoms with Gasteiger partial charge in [0.05, 0.1) is 18.1 Å². The highest BCUT2D eigenvalue weighted by Gasteiger charge is 2.33. The summed E-state index contributed by atoms with van der Waals surface area (Å²) < 4.78 is 7.29. The minimum Gasteiger partial charge on any atom is -0.359 e. The van der Waals surface area contributed by atoms with Crippen LogP contribution in [0.2, 0.25) is 0 Å². The van der Waals surface area contributed by atoms with Gasteiger partial charge in [-0.05, 0) is 26.7 Å². The normalized spacial score (nSPS) is 19.4. The lowest BCUT2D eigenvalue weighted by Crippen LogP contribution is -2.44. The number of hydrogen-bond donors (Lipinski definition) is 1. The smallest absolute Gasteiger partial charge is 0.318 e. The molecule has 0 spiro atoms. The first kappa shape index (κ1) is 14.6. The number of aryl methyl sites for hydroxylation is 1. The number of amides is 2. The summed E-state index contributed by atoms with van der Waals surface area (Å²) in [6, 6.07) is 1.87. The van der Waals surface area contributed by atoms with E-state index in [2.05, 4.69) is 15.5 Å². The van der Waals surface area contributed by atoms with E-state index in [1.54, 1.807) is 12.5 Å². The van der Waals surface area contributed by atoms with Crippen molar-refractivity contribution in [3.63, 3.8) is 0 Å². The summed E-state index contributed by atoms with van der Waals surface area (Å²) in [6.45, 7) is 5.32. The van der Waals surface area contributed by atoms with Gasteiger partial charge in [-0.2, -0.15) is 0 Å². The number of imidazole rings is 1. The summed E-state index contributed by atoms with van der Waals surface area (Å²) in [4.78, 5) is 18.3. The third-order valence-corrected chi connectivity index (χ3v) is 3.90. The summed E-state index contributed by atoms with van der Waals surface area (Å²) >= 11 is 0. The second kappa shape index (κ2) is 6.21. The highest BCUT2D eigenvalue weighted by Crippen LogP contribution is 2.32. The van der Waals surface area contributed by atoms with Crippen molar-refractivity contribution in [1.29, 1.82) is 0 Å². The van der Waals surface area contributed by atoms with Crippen molar-refractivity contribution >= 4 is 6.03 Å². The Labute approximate surface area is 129 Å². The molecule has 2 atom stereocenters. The maximum atomic E-state index is 12.5. The molecule has 0 aliphatic carbocycles. The predicted molar refractivity (Wildman–Crippen MR) is 80.1 cm³/mol. The zero-order valence-corrected chi connectivity index (χ0v) is 12.9. The van der Waals surface area contributed by atoms with Crippen molar-refractivity contribution in [3.8, 4) is 0 Å². The van der Waals surface area contributed by atoms with Crippen LogP contribution >= 0.6 is 0 Å². The van der Waals surface area contributed by atoms with Crippen molar-refractivity contribution in [2.24, 2.45) is 0 Å². The maximum absolute atomic E-state index is 12.5. The monoisotopic (exact) mass is 303 g/mol. The lowest BCUT2D eigenvalue weighted by molar-refractivity contribution is 0.178. The number of aromatic nitrogens is 3. The lowest BCUT2D eigenvalue weighted by atomic mass is 10.1. The zero-order valence-electron chi connectivity index (χ0n) is 12.9. The molecule has 1 N–H and O–H groups in total. The van der Waals surface area contributed by atoms with Crippen LogP contribution < -0.4 is 5.32 Å². The summed E-state index contributed by atoms with van der Waals surface area (Å²) in [7, 11) is 0. The summed E-state index contributed by atoms with van der Waals surface area (Å²) in [5.41, 5.74) is 0.843. The van der Waals surface area contributed by atoms with Crippen LogP contribution in [0, 0.1) is 6.92 Å². The number of nitrogens with one attached hydrogen (secondary N) is 1. The Morgan fingerprint density at radius 3 is 3.14 bits per heavy atom. The molecule has 1 fully saturated rings. The van der Waals surface area contributed by atoms with Crippen LogP contribution in [0.5, 0.6) is 0 Å². The third kappa shape index (κ3) is 3.13. The molecule has 0 aromatic carbocycles. The molecule has 1 saturated heterocycles. The van der Waals surface area contributed by atoms with E-state index in [9.17, 15) is 4.79 Å². The Balaban J connectivity index is 1.61. The first-order valence-corrected chi connectivity index (χ1v) is 7.59.